The zero-order chi connectivity index (χ0) is 12.4. The van der Waals surface area contributed by atoms with Crippen LogP contribution in [0.4, 0.5) is 4.39 Å². The maximum atomic E-state index is 13.1. The third-order valence-corrected chi connectivity index (χ3v) is 3.66. The average molecular weight is 234 g/mol. The van der Waals surface area contributed by atoms with E-state index in [1.807, 2.05) is 0 Å². The highest BCUT2D eigenvalue weighted by molar-refractivity contribution is 5.97. The molecule has 2 heteroatoms. The summed E-state index contributed by atoms with van der Waals surface area (Å²) in [6.07, 6.45) is 3.09. The Morgan fingerprint density at radius 2 is 1.82 bits per heavy atom. The van der Waals surface area contributed by atoms with Crippen LogP contribution < -0.4 is 0 Å². The van der Waals surface area contributed by atoms with Gasteiger partial charge < -0.3 is 0 Å². The molecule has 0 saturated heterocycles. The molecule has 1 aliphatic carbocycles. The Morgan fingerprint density at radius 1 is 1.18 bits per heavy atom. The lowest BCUT2D eigenvalue weighted by Gasteiger charge is -2.30. The Bertz CT molecular complexity index is 403. The molecular formula is C15H19FO. The SMILES string of the molecule is CC1CC(C)CC(C(=O)c2cccc(F)c2)C1. The largest absolute Gasteiger partial charge is 0.294 e. The van der Waals surface area contributed by atoms with Gasteiger partial charge in [0.05, 0.1) is 0 Å². The van der Waals surface area contributed by atoms with Crippen LogP contribution in [0.2, 0.25) is 0 Å². The van der Waals surface area contributed by atoms with Crippen molar-refractivity contribution in [2.75, 3.05) is 0 Å². The van der Waals surface area contributed by atoms with Crippen molar-refractivity contribution in [3.63, 3.8) is 0 Å². The summed E-state index contributed by atoms with van der Waals surface area (Å²) in [5, 5.41) is 0. The van der Waals surface area contributed by atoms with E-state index >= 15 is 0 Å². The Balaban J connectivity index is 2.14. The highest BCUT2D eigenvalue weighted by Crippen LogP contribution is 2.34. The monoisotopic (exact) mass is 234 g/mol. The summed E-state index contributed by atoms with van der Waals surface area (Å²) in [5.41, 5.74) is 0.524. The van der Waals surface area contributed by atoms with Crippen molar-refractivity contribution >= 4 is 5.78 Å². The third-order valence-electron chi connectivity index (χ3n) is 3.66. The predicted molar refractivity (Wildman–Crippen MR) is 66.4 cm³/mol. The minimum Gasteiger partial charge on any atom is -0.294 e. The molecule has 0 heterocycles. The maximum absolute atomic E-state index is 13.1. The zero-order valence-electron chi connectivity index (χ0n) is 10.4. The molecule has 2 atom stereocenters. The van der Waals surface area contributed by atoms with Gasteiger partial charge in [-0.2, -0.15) is 0 Å². The molecule has 0 amide bonds. The van der Waals surface area contributed by atoms with Gasteiger partial charge in [0.2, 0.25) is 0 Å². The molecule has 1 fully saturated rings. The molecule has 0 aromatic heterocycles. The molecule has 2 rings (SSSR count). The van der Waals surface area contributed by atoms with E-state index in [0.717, 1.165) is 12.8 Å². The fraction of sp³-hybridized carbons (Fsp3) is 0.533. The minimum absolute atomic E-state index is 0.0792. The average Bonchev–Trinajstić information content (AvgIpc) is 2.26. The van der Waals surface area contributed by atoms with Crippen LogP contribution in [0.5, 0.6) is 0 Å². The number of rotatable bonds is 2. The Labute approximate surface area is 102 Å². The fourth-order valence-electron chi connectivity index (χ4n) is 3.04. The van der Waals surface area contributed by atoms with Gasteiger partial charge in [0.1, 0.15) is 5.82 Å². The fourth-order valence-corrected chi connectivity index (χ4v) is 3.04. The Hall–Kier alpha value is -1.18. The normalized spacial score (nSPS) is 29.0. The van der Waals surface area contributed by atoms with E-state index in [9.17, 15) is 9.18 Å². The van der Waals surface area contributed by atoms with E-state index in [4.69, 9.17) is 0 Å². The van der Waals surface area contributed by atoms with E-state index in [-0.39, 0.29) is 17.5 Å². The summed E-state index contributed by atoms with van der Waals surface area (Å²) in [4.78, 5) is 12.3. The first-order chi connectivity index (χ1) is 8.06. The van der Waals surface area contributed by atoms with Crippen LogP contribution in [0.1, 0.15) is 43.5 Å². The second kappa shape index (κ2) is 4.99. The Kier molecular flexibility index (Phi) is 3.60. The lowest BCUT2D eigenvalue weighted by atomic mass is 9.74. The van der Waals surface area contributed by atoms with Crippen molar-refractivity contribution in [2.24, 2.45) is 17.8 Å². The van der Waals surface area contributed by atoms with Gasteiger partial charge in [-0.25, -0.2) is 4.39 Å². The zero-order valence-corrected chi connectivity index (χ0v) is 10.4. The standard InChI is InChI=1S/C15H19FO/c1-10-6-11(2)8-13(7-10)15(17)12-4-3-5-14(16)9-12/h3-5,9-11,13H,6-8H2,1-2H3. The number of carbonyl (C=O) groups is 1. The van der Waals surface area contributed by atoms with Crippen LogP contribution in [-0.2, 0) is 0 Å². The number of benzene rings is 1. The molecule has 17 heavy (non-hydrogen) atoms. The predicted octanol–water partition coefficient (Wildman–Crippen LogP) is 4.08. The third kappa shape index (κ3) is 2.93. The highest BCUT2D eigenvalue weighted by Gasteiger charge is 2.29. The van der Waals surface area contributed by atoms with Crippen LogP contribution >= 0.6 is 0 Å². The van der Waals surface area contributed by atoms with E-state index in [1.54, 1.807) is 12.1 Å². The number of carbonyl (C=O) groups excluding carboxylic acids is 1. The maximum Gasteiger partial charge on any atom is 0.166 e. The van der Waals surface area contributed by atoms with E-state index in [2.05, 4.69) is 13.8 Å². The molecule has 92 valence electrons. The summed E-state index contributed by atoms with van der Waals surface area (Å²) < 4.78 is 13.1. The van der Waals surface area contributed by atoms with Gasteiger partial charge in [0, 0.05) is 11.5 Å². The van der Waals surface area contributed by atoms with Crippen LogP contribution in [0.15, 0.2) is 24.3 Å². The summed E-state index contributed by atoms with van der Waals surface area (Å²) >= 11 is 0. The van der Waals surface area contributed by atoms with Gasteiger partial charge in [-0.15, -0.1) is 0 Å². The first-order valence-corrected chi connectivity index (χ1v) is 6.36. The van der Waals surface area contributed by atoms with Crippen molar-refractivity contribution in [1.29, 1.82) is 0 Å². The number of hydrogen-bond acceptors (Lipinski definition) is 1. The van der Waals surface area contributed by atoms with Crippen LogP contribution in [-0.4, -0.2) is 5.78 Å². The first-order valence-electron chi connectivity index (χ1n) is 6.36. The van der Waals surface area contributed by atoms with Crippen molar-refractivity contribution in [2.45, 2.75) is 33.1 Å². The molecule has 1 nitrogen and oxygen atoms in total. The minimum atomic E-state index is -0.326. The Morgan fingerprint density at radius 3 is 2.41 bits per heavy atom. The smallest absolute Gasteiger partial charge is 0.166 e. The van der Waals surface area contributed by atoms with Crippen molar-refractivity contribution in [3.8, 4) is 0 Å². The van der Waals surface area contributed by atoms with Crippen LogP contribution in [0.25, 0.3) is 0 Å². The molecule has 0 spiro atoms. The number of Topliss-reactive ketones (excluding diaryl/α,β-unsaturated/α-hetero) is 1. The van der Waals surface area contributed by atoms with Gasteiger partial charge >= 0.3 is 0 Å². The highest BCUT2D eigenvalue weighted by atomic mass is 19.1. The van der Waals surface area contributed by atoms with Gasteiger partial charge in [-0.3, -0.25) is 4.79 Å². The lowest BCUT2D eigenvalue weighted by Crippen LogP contribution is -2.26. The van der Waals surface area contributed by atoms with Gasteiger partial charge in [-0.1, -0.05) is 26.0 Å². The quantitative estimate of drug-likeness (QED) is 0.705. The lowest BCUT2D eigenvalue weighted by molar-refractivity contribution is 0.0835. The van der Waals surface area contributed by atoms with Crippen molar-refractivity contribution in [1.82, 2.24) is 0 Å². The second-order valence-corrected chi connectivity index (χ2v) is 5.49. The van der Waals surface area contributed by atoms with Crippen LogP contribution in [0, 0.1) is 23.6 Å². The molecule has 1 saturated carbocycles. The molecule has 1 aromatic carbocycles. The molecule has 0 aliphatic heterocycles. The van der Waals surface area contributed by atoms with Gasteiger partial charge in [0.15, 0.2) is 5.78 Å². The van der Waals surface area contributed by atoms with Crippen LogP contribution in [0.3, 0.4) is 0 Å². The van der Waals surface area contributed by atoms with E-state index in [1.165, 1.54) is 18.6 Å². The van der Waals surface area contributed by atoms with Crippen molar-refractivity contribution in [3.05, 3.63) is 35.6 Å². The summed E-state index contributed by atoms with van der Waals surface area (Å²) in [5.74, 6) is 1.06. The molecule has 2 unspecified atom stereocenters. The first kappa shape index (κ1) is 12.3. The second-order valence-electron chi connectivity index (χ2n) is 5.49. The molecule has 0 N–H and O–H groups in total. The van der Waals surface area contributed by atoms with Gasteiger partial charge in [0.25, 0.3) is 0 Å². The molecule has 1 aliphatic rings. The molecule has 0 bridgehead atoms. The summed E-state index contributed by atoms with van der Waals surface area (Å²) in [6.45, 7) is 4.39. The summed E-state index contributed by atoms with van der Waals surface area (Å²) in [7, 11) is 0. The topological polar surface area (TPSA) is 17.1 Å². The van der Waals surface area contributed by atoms with Gasteiger partial charge in [-0.05, 0) is 43.2 Å². The molecule has 0 radical (unpaired) electrons. The molecule has 1 aromatic rings. The number of halogens is 1. The van der Waals surface area contributed by atoms with Crippen molar-refractivity contribution < 1.29 is 9.18 Å². The van der Waals surface area contributed by atoms with E-state index in [0.29, 0.717) is 17.4 Å². The molecular weight excluding hydrogens is 215 g/mol. The van der Waals surface area contributed by atoms with E-state index < -0.39 is 0 Å². The summed E-state index contributed by atoms with van der Waals surface area (Å²) in [6, 6.07) is 6.06. The number of ketones is 1. The number of hydrogen-bond donors (Lipinski definition) is 0.